The minimum absolute atomic E-state index is 0.158. The Balaban J connectivity index is 3.61. The zero-order valence-corrected chi connectivity index (χ0v) is 6.48. The van der Waals surface area contributed by atoms with Crippen molar-refractivity contribution < 1.29 is 23.1 Å². The highest BCUT2D eigenvalue weighted by Crippen LogP contribution is 2.18. The van der Waals surface area contributed by atoms with Crippen molar-refractivity contribution in [3.63, 3.8) is 0 Å². The lowest BCUT2D eigenvalue weighted by molar-refractivity contribution is -0.154. The summed E-state index contributed by atoms with van der Waals surface area (Å²) in [5, 5.41) is 10.5. The molecule has 0 aliphatic carbocycles. The third kappa shape index (κ3) is 7.33. The molecule has 0 bridgehead atoms. The SMILES string of the molecule is CC(O)CNC(=O)CC(F)(F)F. The summed E-state index contributed by atoms with van der Waals surface area (Å²) in [6.07, 6.45) is -6.81. The quantitative estimate of drug-likeness (QED) is 0.670. The van der Waals surface area contributed by atoms with E-state index in [0.29, 0.717) is 0 Å². The summed E-state index contributed by atoms with van der Waals surface area (Å²) in [4.78, 5) is 10.4. The van der Waals surface area contributed by atoms with E-state index in [9.17, 15) is 18.0 Å². The molecule has 0 aromatic carbocycles. The Hall–Kier alpha value is -0.780. The second kappa shape index (κ2) is 4.30. The Morgan fingerprint density at radius 2 is 2.08 bits per heavy atom. The Kier molecular flexibility index (Phi) is 4.02. The first kappa shape index (κ1) is 11.2. The van der Waals surface area contributed by atoms with Gasteiger partial charge < -0.3 is 10.4 Å². The molecule has 0 radical (unpaired) electrons. The lowest BCUT2D eigenvalue weighted by Crippen LogP contribution is -2.33. The van der Waals surface area contributed by atoms with Crippen molar-refractivity contribution in [3.8, 4) is 0 Å². The molecular formula is C6H10F3NO2. The highest BCUT2D eigenvalue weighted by atomic mass is 19.4. The van der Waals surface area contributed by atoms with Gasteiger partial charge >= 0.3 is 6.18 Å². The summed E-state index contributed by atoms with van der Waals surface area (Å²) in [6, 6.07) is 0. The predicted molar refractivity (Wildman–Crippen MR) is 35.4 cm³/mol. The molecule has 72 valence electrons. The highest BCUT2D eigenvalue weighted by Gasteiger charge is 2.30. The van der Waals surface area contributed by atoms with E-state index in [-0.39, 0.29) is 6.54 Å². The van der Waals surface area contributed by atoms with Gasteiger partial charge in [0.2, 0.25) is 5.91 Å². The number of amides is 1. The van der Waals surface area contributed by atoms with Crippen molar-refractivity contribution >= 4 is 5.91 Å². The third-order valence-electron chi connectivity index (χ3n) is 0.956. The normalized spacial score (nSPS) is 14.1. The van der Waals surface area contributed by atoms with E-state index < -0.39 is 24.6 Å². The zero-order valence-electron chi connectivity index (χ0n) is 6.48. The Bertz CT molecular complexity index is 155. The Morgan fingerprint density at radius 1 is 1.58 bits per heavy atom. The third-order valence-corrected chi connectivity index (χ3v) is 0.956. The van der Waals surface area contributed by atoms with Crippen LogP contribution in [0.25, 0.3) is 0 Å². The molecule has 0 rings (SSSR count). The van der Waals surface area contributed by atoms with E-state index in [0.717, 1.165) is 0 Å². The molecule has 0 aliphatic rings. The van der Waals surface area contributed by atoms with Crippen molar-refractivity contribution in [3.05, 3.63) is 0 Å². The molecule has 1 atom stereocenters. The number of carbonyl (C=O) groups excluding carboxylic acids is 1. The lowest BCUT2D eigenvalue weighted by atomic mass is 10.3. The van der Waals surface area contributed by atoms with Gasteiger partial charge in [-0.15, -0.1) is 0 Å². The average molecular weight is 185 g/mol. The number of aliphatic hydroxyl groups is 1. The fourth-order valence-corrected chi connectivity index (χ4v) is 0.506. The van der Waals surface area contributed by atoms with Crippen LogP contribution in [0.2, 0.25) is 0 Å². The number of alkyl halides is 3. The molecule has 12 heavy (non-hydrogen) atoms. The van der Waals surface area contributed by atoms with Crippen LogP contribution >= 0.6 is 0 Å². The monoisotopic (exact) mass is 185 g/mol. The van der Waals surface area contributed by atoms with E-state index in [2.05, 4.69) is 0 Å². The molecule has 0 fully saturated rings. The summed E-state index contributed by atoms with van der Waals surface area (Å²) >= 11 is 0. The summed E-state index contributed by atoms with van der Waals surface area (Å²) < 4.78 is 34.5. The number of nitrogens with one attached hydrogen (secondary N) is 1. The van der Waals surface area contributed by atoms with Gasteiger partial charge in [-0.2, -0.15) is 13.2 Å². The van der Waals surface area contributed by atoms with Crippen LogP contribution in [0, 0.1) is 0 Å². The van der Waals surface area contributed by atoms with E-state index in [1.165, 1.54) is 6.92 Å². The van der Waals surface area contributed by atoms with Crippen molar-refractivity contribution in [1.29, 1.82) is 0 Å². The molecule has 1 unspecified atom stereocenters. The van der Waals surface area contributed by atoms with Crippen molar-refractivity contribution in [2.45, 2.75) is 25.6 Å². The molecule has 0 aromatic heterocycles. The largest absolute Gasteiger partial charge is 0.397 e. The van der Waals surface area contributed by atoms with Gasteiger partial charge in [0.25, 0.3) is 0 Å². The first-order valence-corrected chi connectivity index (χ1v) is 3.33. The topological polar surface area (TPSA) is 49.3 Å². The first-order chi connectivity index (χ1) is 5.31. The molecule has 0 saturated carbocycles. The zero-order chi connectivity index (χ0) is 9.78. The maximum Gasteiger partial charge on any atom is 0.397 e. The van der Waals surface area contributed by atoms with Crippen LogP contribution in [0.4, 0.5) is 13.2 Å². The summed E-state index contributed by atoms with van der Waals surface area (Å²) in [7, 11) is 0. The van der Waals surface area contributed by atoms with Crippen LogP contribution < -0.4 is 5.32 Å². The van der Waals surface area contributed by atoms with Gasteiger partial charge in [-0.05, 0) is 6.92 Å². The van der Waals surface area contributed by atoms with E-state index in [4.69, 9.17) is 5.11 Å². The van der Waals surface area contributed by atoms with E-state index in [1.807, 2.05) is 5.32 Å². The van der Waals surface area contributed by atoms with Crippen molar-refractivity contribution in [1.82, 2.24) is 5.32 Å². The second-order valence-corrected chi connectivity index (χ2v) is 2.45. The number of hydrogen-bond donors (Lipinski definition) is 2. The minimum atomic E-state index is -4.48. The summed E-state index contributed by atoms with van der Waals surface area (Å²) in [5.74, 6) is -1.12. The standard InChI is InChI=1S/C6H10F3NO2/c1-4(11)3-10-5(12)2-6(7,8)9/h4,11H,2-3H2,1H3,(H,10,12). The van der Waals surface area contributed by atoms with Gasteiger partial charge in [-0.25, -0.2) is 0 Å². The van der Waals surface area contributed by atoms with Crippen LogP contribution in [-0.2, 0) is 4.79 Å². The molecular weight excluding hydrogens is 175 g/mol. The summed E-state index contributed by atoms with van der Waals surface area (Å²) in [6.45, 7) is 1.21. The summed E-state index contributed by atoms with van der Waals surface area (Å²) in [5.41, 5.74) is 0. The smallest absolute Gasteiger partial charge is 0.392 e. The molecule has 0 aliphatic heterocycles. The molecule has 1 amide bonds. The molecule has 0 aromatic rings. The van der Waals surface area contributed by atoms with Gasteiger partial charge in [-0.1, -0.05) is 0 Å². The second-order valence-electron chi connectivity index (χ2n) is 2.45. The number of rotatable bonds is 3. The van der Waals surface area contributed by atoms with Gasteiger partial charge in [0.15, 0.2) is 0 Å². The average Bonchev–Trinajstić information content (AvgIpc) is 1.79. The van der Waals surface area contributed by atoms with Gasteiger partial charge in [0.1, 0.15) is 6.42 Å². The molecule has 0 spiro atoms. The molecule has 0 saturated heterocycles. The molecule has 3 nitrogen and oxygen atoms in total. The molecule has 2 N–H and O–H groups in total. The first-order valence-electron chi connectivity index (χ1n) is 3.33. The van der Waals surface area contributed by atoms with E-state index >= 15 is 0 Å². The fourth-order valence-electron chi connectivity index (χ4n) is 0.506. The van der Waals surface area contributed by atoms with Gasteiger partial charge in [0, 0.05) is 6.54 Å². The lowest BCUT2D eigenvalue weighted by Gasteiger charge is -2.08. The van der Waals surface area contributed by atoms with Crippen molar-refractivity contribution in [2.75, 3.05) is 6.54 Å². The van der Waals surface area contributed by atoms with Crippen LogP contribution in [0.5, 0.6) is 0 Å². The maximum absolute atomic E-state index is 11.5. The highest BCUT2D eigenvalue weighted by molar-refractivity contribution is 5.76. The molecule has 6 heteroatoms. The Labute approximate surface area is 67.6 Å². The van der Waals surface area contributed by atoms with Gasteiger partial charge in [0.05, 0.1) is 6.10 Å². The number of aliphatic hydroxyl groups excluding tert-OH is 1. The van der Waals surface area contributed by atoms with Crippen LogP contribution in [0.1, 0.15) is 13.3 Å². The van der Waals surface area contributed by atoms with Crippen LogP contribution in [0.3, 0.4) is 0 Å². The maximum atomic E-state index is 11.5. The van der Waals surface area contributed by atoms with Crippen LogP contribution in [0.15, 0.2) is 0 Å². The fraction of sp³-hybridized carbons (Fsp3) is 0.833. The van der Waals surface area contributed by atoms with Crippen LogP contribution in [-0.4, -0.2) is 29.8 Å². The minimum Gasteiger partial charge on any atom is -0.392 e. The predicted octanol–water partition coefficient (Wildman–Crippen LogP) is 0.436. The van der Waals surface area contributed by atoms with Crippen molar-refractivity contribution in [2.24, 2.45) is 0 Å². The van der Waals surface area contributed by atoms with Gasteiger partial charge in [-0.3, -0.25) is 4.79 Å². The number of hydrogen-bond acceptors (Lipinski definition) is 2. The Morgan fingerprint density at radius 3 is 2.42 bits per heavy atom. The van der Waals surface area contributed by atoms with E-state index in [1.54, 1.807) is 0 Å². The number of carbonyl (C=O) groups is 1. The molecule has 0 heterocycles. The number of halogens is 3.